The molecule has 5 heteroatoms. The van der Waals surface area contributed by atoms with Crippen LogP contribution in [0.2, 0.25) is 0 Å². The van der Waals surface area contributed by atoms with Gasteiger partial charge in [-0.05, 0) is 19.9 Å². The minimum atomic E-state index is 0.415. The monoisotopic (exact) mass is 299 g/mol. The molecule has 0 aliphatic rings. The van der Waals surface area contributed by atoms with Crippen molar-refractivity contribution in [3.63, 3.8) is 0 Å². The summed E-state index contributed by atoms with van der Waals surface area (Å²) in [5, 5.41) is 2.08. The molecule has 16 heavy (non-hydrogen) atoms. The molecule has 0 bridgehead atoms. The van der Waals surface area contributed by atoms with E-state index in [2.05, 4.69) is 57.8 Å². The molecule has 2 heterocycles. The highest BCUT2D eigenvalue weighted by Crippen LogP contribution is 2.29. The number of hydrogen-bond donors (Lipinski definition) is 0. The quantitative estimate of drug-likeness (QED) is 0.815. The summed E-state index contributed by atoms with van der Waals surface area (Å²) in [6.45, 7) is 4.27. The Bertz CT molecular complexity index is 497. The van der Waals surface area contributed by atoms with Crippen molar-refractivity contribution in [3.8, 4) is 0 Å². The lowest BCUT2D eigenvalue weighted by Crippen LogP contribution is -2.30. The molecule has 2 aromatic heterocycles. The first-order valence-corrected chi connectivity index (χ1v) is 7.07. The van der Waals surface area contributed by atoms with Gasteiger partial charge in [0.1, 0.15) is 17.0 Å². The highest BCUT2D eigenvalue weighted by Gasteiger charge is 2.14. The van der Waals surface area contributed by atoms with Crippen LogP contribution in [-0.4, -0.2) is 28.4 Å². The Morgan fingerprint density at radius 1 is 1.50 bits per heavy atom. The third kappa shape index (κ3) is 2.06. The van der Waals surface area contributed by atoms with E-state index in [4.69, 9.17) is 0 Å². The predicted octanol–water partition coefficient (Wildman–Crippen LogP) is 3.22. The van der Waals surface area contributed by atoms with Crippen molar-refractivity contribution in [2.75, 3.05) is 17.3 Å². The Labute approximate surface area is 108 Å². The number of aromatic nitrogens is 2. The van der Waals surface area contributed by atoms with E-state index in [0.29, 0.717) is 6.04 Å². The zero-order valence-electron chi connectivity index (χ0n) is 9.57. The van der Waals surface area contributed by atoms with Crippen molar-refractivity contribution < 1.29 is 0 Å². The predicted molar refractivity (Wildman–Crippen MR) is 73.8 cm³/mol. The average Bonchev–Trinajstić information content (AvgIpc) is 2.66. The number of alkyl halides is 1. The molecule has 0 N–H and O–H groups in total. The standard InChI is InChI=1S/C11H14BrN3S/c1-7(5-12)15(3)10-9-4-8(2)16-11(9)14-6-13-10/h4,6-7H,5H2,1-3H3. The number of halogens is 1. The van der Waals surface area contributed by atoms with Gasteiger partial charge in [0.25, 0.3) is 0 Å². The number of aryl methyl sites for hydroxylation is 1. The van der Waals surface area contributed by atoms with Gasteiger partial charge in [-0.1, -0.05) is 15.9 Å². The Morgan fingerprint density at radius 3 is 2.94 bits per heavy atom. The topological polar surface area (TPSA) is 29.0 Å². The lowest BCUT2D eigenvalue weighted by atomic mass is 10.3. The van der Waals surface area contributed by atoms with Crippen LogP contribution in [0.25, 0.3) is 10.2 Å². The minimum absolute atomic E-state index is 0.415. The normalized spacial score (nSPS) is 13.0. The van der Waals surface area contributed by atoms with Crippen molar-refractivity contribution in [1.29, 1.82) is 0 Å². The van der Waals surface area contributed by atoms with E-state index >= 15 is 0 Å². The molecular weight excluding hydrogens is 286 g/mol. The van der Waals surface area contributed by atoms with Crippen molar-refractivity contribution in [3.05, 3.63) is 17.3 Å². The second kappa shape index (κ2) is 4.67. The van der Waals surface area contributed by atoms with E-state index in [1.165, 1.54) is 4.88 Å². The molecule has 0 aliphatic carbocycles. The van der Waals surface area contributed by atoms with E-state index < -0.39 is 0 Å². The molecule has 0 spiro atoms. The zero-order valence-corrected chi connectivity index (χ0v) is 12.0. The molecule has 0 saturated carbocycles. The first-order chi connectivity index (χ1) is 7.63. The van der Waals surface area contributed by atoms with E-state index in [1.807, 2.05) is 0 Å². The molecule has 0 aliphatic heterocycles. The Morgan fingerprint density at radius 2 is 2.25 bits per heavy atom. The van der Waals surface area contributed by atoms with Gasteiger partial charge in [-0.2, -0.15) is 0 Å². The van der Waals surface area contributed by atoms with Gasteiger partial charge in [0.05, 0.1) is 5.39 Å². The average molecular weight is 300 g/mol. The molecule has 3 nitrogen and oxygen atoms in total. The summed E-state index contributed by atoms with van der Waals surface area (Å²) in [5.74, 6) is 1.02. The number of rotatable bonds is 3. The van der Waals surface area contributed by atoms with Gasteiger partial charge in [-0.25, -0.2) is 9.97 Å². The van der Waals surface area contributed by atoms with Crippen molar-refractivity contribution >= 4 is 43.3 Å². The molecule has 0 aromatic carbocycles. The number of thiophene rings is 1. The van der Waals surface area contributed by atoms with Crippen LogP contribution in [0.3, 0.4) is 0 Å². The number of fused-ring (bicyclic) bond motifs is 1. The van der Waals surface area contributed by atoms with Crippen molar-refractivity contribution in [2.24, 2.45) is 0 Å². The van der Waals surface area contributed by atoms with Crippen LogP contribution in [0.5, 0.6) is 0 Å². The molecule has 86 valence electrons. The zero-order chi connectivity index (χ0) is 11.7. The van der Waals surface area contributed by atoms with Gasteiger partial charge in [0.2, 0.25) is 0 Å². The summed E-state index contributed by atoms with van der Waals surface area (Å²) in [5.41, 5.74) is 0. The van der Waals surface area contributed by atoms with Gasteiger partial charge in [-0.15, -0.1) is 11.3 Å². The lowest BCUT2D eigenvalue weighted by molar-refractivity contribution is 0.759. The SMILES string of the molecule is Cc1cc2c(N(C)C(C)CBr)ncnc2s1. The third-order valence-corrected chi connectivity index (χ3v) is 4.55. The number of anilines is 1. The summed E-state index contributed by atoms with van der Waals surface area (Å²) < 4.78 is 0. The molecule has 0 saturated heterocycles. The van der Waals surface area contributed by atoms with E-state index in [1.54, 1.807) is 17.7 Å². The molecule has 1 atom stereocenters. The lowest BCUT2D eigenvalue weighted by Gasteiger charge is -2.24. The minimum Gasteiger partial charge on any atom is -0.355 e. The summed E-state index contributed by atoms with van der Waals surface area (Å²) in [6, 6.07) is 2.57. The highest BCUT2D eigenvalue weighted by molar-refractivity contribution is 9.09. The maximum Gasteiger partial charge on any atom is 0.140 e. The van der Waals surface area contributed by atoms with Crippen LogP contribution < -0.4 is 4.90 Å². The van der Waals surface area contributed by atoms with Gasteiger partial charge in [0, 0.05) is 23.3 Å². The second-order valence-corrected chi connectivity index (χ2v) is 5.77. The van der Waals surface area contributed by atoms with Crippen molar-refractivity contribution in [1.82, 2.24) is 9.97 Å². The molecule has 0 radical (unpaired) electrons. The molecule has 1 unspecified atom stereocenters. The smallest absolute Gasteiger partial charge is 0.140 e. The first kappa shape index (κ1) is 11.8. The number of hydrogen-bond acceptors (Lipinski definition) is 4. The summed E-state index contributed by atoms with van der Waals surface area (Å²) >= 11 is 5.21. The number of nitrogens with zero attached hydrogens (tertiary/aromatic N) is 3. The third-order valence-electron chi connectivity index (χ3n) is 2.65. The van der Waals surface area contributed by atoms with Crippen LogP contribution >= 0.6 is 27.3 Å². The maximum absolute atomic E-state index is 4.39. The van der Waals surface area contributed by atoms with Gasteiger partial charge in [0.15, 0.2) is 0 Å². The Kier molecular flexibility index (Phi) is 3.44. The summed E-state index contributed by atoms with van der Waals surface area (Å²) in [4.78, 5) is 13.2. The van der Waals surface area contributed by atoms with Crippen molar-refractivity contribution in [2.45, 2.75) is 19.9 Å². The fourth-order valence-electron chi connectivity index (χ4n) is 1.56. The van der Waals surface area contributed by atoms with Gasteiger partial charge >= 0.3 is 0 Å². The summed E-state index contributed by atoms with van der Waals surface area (Å²) in [7, 11) is 2.07. The molecule has 2 rings (SSSR count). The fourth-order valence-corrected chi connectivity index (χ4v) is 2.83. The van der Waals surface area contributed by atoms with Crippen LogP contribution in [-0.2, 0) is 0 Å². The Hall–Kier alpha value is -0.680. The molecule has 0 amide bonds. The van der Waals surface area contributed by atoms with Crippen LogP contribution in [0, 0.1) is 6.92 Å². The van der Waals surface area contributed by atoms with E-state index in [0.717, 1.165) is 21.4 Å². The van der Waals surface area contributed by atoms with E-state index in [9.17, 15) is 0 Å². The summed E-state index contributed by atoms with van der Waals surface area (Å²) in [6.07, 6.45) is 1.64. The molecule has 2 aromatic rings. The van der Waals surface area contributed by atoms with E-state index in [-0.39, 0.29) is 0 Å². The van der Waals surface area contributed by atoms with Crippen LogP contribution in [0.4, 0.5) is 5.82 Å². The van der Waals surface area contributed by atoms with Crippen LogP contribution in [0.1, 0.15) is 11.8 Å². The molecular formula is C11H14BrN3S. The second-order valence-electron chi connectivity index (χ2n) is 3.89. The van der Waals surface area contributed by atoms with Gasteiger partial charge in [-0.3, -0.25) is 0 Å². The maximum atomic E-state index is 4.39. The first-order valence-electron chi connectivity index (χ1n) is 5.13. The van der Waals surface area contributed by atoms with Gasteiger partial charge < -0.3 is 4.90 Å². The largest absolute Gasteiger partial charge is 0.355 e. The molecule has 0 fully saturated rings. The Balaban J connectivity index is 2.51. The fraction of sp³-hybridized carbons (Fsp3) is 0.455. The highest BCUT2D eigenvalue weighted by atomic mass is 79.9. The van der Waals surface area contributed by atoms with Crippen LogP contribution in [0.15, 0.2) is 12.4 Å².